The van der Waals surface area contributed by atoms with Crippen LogP contribution in [0, 0.1) is 35.5 Å². The van der Waals surface area contributed by atoms with Crippen LogP contribution in [0.15, 0.2) is 23.7 Å². The molecule has 0 radical (unpaired) electrons. The smallest absolute Gasteiger partial charge is 0.240 e. The van der Waals surface area contributed by atoms with Crippen molar-refractivity contribution in [2.75, 3.05) is 4.90 Å². The average Bonchev–Trinajstić information content (AvgIpc) is 3.01. The van der Waals surface area contributed by atoms with E-state index in [1.165, 1.54) is 22.7 Å². The van der Waals surface area contributed by atoms with E-state index in [2.05, 4.69) is 17.1 Å². The van der Waals surface area contributed by atoms with E-state index < -0.39 is 0 Å². The summed E-state index contributed by atoms with van der Waals surface area (Å²) in [5, 5.41) is 2.35. The number of amides is 2. The van der Waals surface area contributed by atoms with Crippen molar-refractivity contribution < 1.29 is 9.59 Å². The zero-order valence-corrected chi connectivity index (χ0v) is 10.9. The van der Waals surface area contributed by atoms with Gasteiger partial charge >= 0.3 is 0 Å². The van der Waals surface area contributed by atoms with Crippen LogP contribution in [-0.2, 0) is 9.59 Å². The van der Waals surface area contributed by atoms with E-state index in [1.807, 2.05) is 5.38 Å². The van der Waals surface area contributed by atoms with Gasteiger partial charge in [0.2, 0.25) is 11.8 Å². The molecule has 1 saturated heterocycles. The van der Waals surface area contributed by atoms with Crippen LogP contribution < -0.4 is 4.90 Å². The maximum absolute atomic E-state index is 12.6. The Bertz CT molecular complexity index is 587. The number of nitrogens with zero attached hydrogens (tertiary/aromatic N) is 2. The van der Waals surface area contributed by atoms with Crippen LogP contribution in [0.5, 0.6) is 0 Å². The second-order valence-electron chi connectivity index (χ2n) is 5.98. The minimum atomic E-state index is -0.116. The van der Waals surface area contributed by atoms with Crippen molar-refractivity contribution in [3.8, 4) is 0 Å². The highest BCUT2D eigenvalue weighted by molar-refractivity contribution is 7.14. The molecule has 4 aliphatic carbocycles. The second kappa shape index (κ2) is 3.15. The summed E-state index contributed by atoms with van der Waals surface area (Å²) in [5.74, 6) is 1.63. The van der Waals surface area contributed by atoms with Gasteiger partial charge in [-0.1, -0.05) is 12.2 Å². The van der Waals surface area contributed by atoms with Gasteiger partial charge < -0.3 is 0 Å². The first-order valence-electron chi connectivity index (χ1n) is 6.73. The van der Waals surface area contributed by atoms with Crippen LogP contribution in [0.2, 0.25) is 0 Å². The molecule has 0 unspecified atom stereocenters. The Hall–Kier alpha value is -1.49. The first kappa shape index (κ1) is 10.3. The Kier molecular flexibility index (Phi) is 1.71. The van der Waals surface area contributed by atoms with E-state index in [4.69, 9.17) is 0 Å². The number of hydrogen-bond donors (Lipinski definition) is 0. The van der Waals surface area contributed by atoms with E-state index in [-0.39, 0.29) is 23.7 Å². The van der Waals surface area contributed by atoms with E-state index in [1.54, 1.807) is 6.20 Å². The standard InChI is InChI=1S/C14H12N2O2S/c17-12-10-6-1-2-7(9-5-8(6)9)11(10)13(18)16(12)14-15-3-4-19-14/h1-4,6-11H,5H2/t6-,7+,8-,9-,10+,11-/m1/s1. The lowest BCUT2D eigenvalue weighted by atomic mass is 9.63. The van der Waals surface area contributed by atoms with Gasteiger partial charge in [-0.25, -0.2) is 9.88 Å². The van der Waals surface area contributed by atoms with Gasteiger partial charge in [0, 0.05) is 11.6 Å². The zero-order valence-electron chi connectivity index (χ0n) is 10.1. The fraction of sp³-hybridized carbons (Fsp3) is 0.500. The van der Waals surface area contributed by atoms with Gasteiger partial charge in [0.1, 0.15) is 0 Å². The third kappa shape index (κ3) is 1.09. The maximum atomic E-state index is 12.6. The van der Waals surface area contributed by atoms with Gasteiger partial charge in [0.05, 0.1) is 11.8 Å². The van der Waals surface area contributed by atoms with Crippen molar-refractivity contribution in [3.63, 3.8) is 0 Å². The molecule has 6 atom stereocenters. The van der Waals surface area contributed by atoms with Crippen LogP contribution in [0.25, 0.3) is 0 Å². The molecule has 4 nitrogen and oxygen atoms in total. The highest BCUT2D eigenvalue weighted by atomic mass is 32.1. The Morgan fingerprint density at radius 3 is 2.26 bits per heavy atom. The number of carbonyl (C=O) groups excluding carboxylic acids is 2. The first-order valence-corrected chi connectivity index (χ1v) is 7.61. The molecule has 96 valence electrons. The minimum Gasteiger partial charge on any atom is -0.274 e. The number of aromatic nitrogens is 1. The number of carbonyl (C=O) groups is 2. The fourth-order valence-electron chi connectivity index (χ4n) is 4.47. The molecule has 19 heavy (non-hydrogen) atoms. The molecule has 0 spiro atoms. The molecule has 3 fully saturated rings. The highest BCUT2D eigenvalue weighted by Crippen LogP contribution is 2.65. The summed E-state index contributed by atoms with van der Waals surface area (Å²) in [4.78, 5) is 30.8. The number of rotatable bonds is 1. The molecule has 2 saturated carbocycles. The molecule has 0 aromatic carbocycles. The quantitative estimate of drug-likeness (QED) is 0.577. The number of imide groups is 1. The average molecular weight is 272 g/mol. The summed E-state index contributed by atoms with van der Waals surface area (Å²) in [5.41, 5.74) is 0. The van der Waals surface area contributed by atoms with Crippen LogP contribution in [0.1, 0.15) is 6.42 Å². The molecule has 2 amide bonds. The molecule has 5 aliphatic rings. The topological polar surface area (TPSA) is 50.3 Å². The number of hydrogen-bond acceptors (Lipinski definition) is 4. The third-order valence-electron chi connectivity index (χ3n) is 5.27. The van der Waals surface area contributed by atoms with Gasteiger partial charge in [-0.15, -0.1) is 11.3 Å². The molecule has 0 N–H and O–H groups in total. The van der Waals surface area contributed by atoms with E-state index in [9.17, 15) is 9.59 Å². The van der Waals surface area contributed by atoms with Crippen molar-refractivity contribution in [3.05, 3.63) is 23.7 Å². The van der Waals surface area contributed by atoms with Crippen molar-refractivity contribution in [2.45, 2.75) is 6.42 Å². The molecule has 1 aromatic rings. The molecular formula is C14H12N2O2S. The van der Waals surface area contributed by atoms with Crippen LogP contribution >= 0.6 is 11.3 Å². The van der Waals surface area contributed by atoms with Gasteiger partial charge in [-0.05, 0) is 30.1 Å². The lowest BCUT2D eigenvalue weighted by molar-refractivity contribution is -0.124. The van der Waals surface area contributed by atoms with Crippen LogP contribution in [0.3, 0.4) is 0 Å². The number of thiazole rings is 1. The first-order chi connectivity index (χ1) is 9.27. The molecule has 6 rings (SSSR count). The van der Waals surface area contributed by atoms with Gasteiger partial charge in [-0.2, -0.15) is 0 Å². The van der Waals surface area contributed by atoms with Crippen molar-refractivity contribution in [1.29, 1.82) is 0 Å². The lowest BCUT2D eigenvalue weighted by Gasteiger charge is -2.37. The van der Waals surface area contributed by atoms with Crippen LogP contribution in [0.4, 0.5) is 5.13 Å². The number of anilines is 1. The highest BCUT2D eigenvalue weighted by Gasteiger charge is 2.67. The third-order valence-corrected chi connectivity index (χ3v) is 6.03. The van der Waals surface area contributed by atoms with Crippen LogP contribution in [-0.4, -0.2) is 16.8 Å². The zero-order chi connectivity index (χ0) is 12.7. The largest absolute Gasteiger partial charge is 0.274 e. The van der Waals surface area contributed by atoms with Crippen molar-refractivity contribution in [1.82, 2.24) is 4.98 Å². The summed E-state index contributed by atoms with van der Waals surface area (Å²) < 4.78 is 0. The van der Waals surface area contributed by atoms with Crippen molar-refractivity contribution >= 4 is 28.3 Å². The predicted octanol–water partition coefficient (Wildman–Crippen LogP) is 1.70. The minimum absolute atomic E-state index is 0.0188. The van der Waals surface area contributed by atoms with Crippen molar-refractivity contribution in [2.24, 2.45) is 35.5 Å². The fourth-order valence-corrected chi connectivity index (χ4v) is 5.12. The van der Waals surface area contributed by atoms with Gasteiger partial charge in [-0.3, -0.25) is 9.59 Å². The Balaban J connectivity index is 1.62. The second-order valence-corrected chi connectivity index (χ2v) is 6.85. The predicted molar refractivity (Wildman–Crippen MR) is 69.3 cm³/mol. The van der Waals surface area contributed by atoms with E-state index in [0.29, 0.717) is 28.8 Å². The summed E-state index contributed by atoms with van der Waals surface area (Å²) in [6.45, 7) is 0. The molecule has 2 heterocycles. The van der Waals surface area contributed by atoms with Gasteiger partial charge in [0.15, 0.2) is 5.13 Å². The summed E-state index contributed by atoms with van der Waals surface area (Å²) in [7, 11) is 0. The molecule has 1 aliphatic heterocycles. The maximum Gasteiger partial charge on any atom is 0.240 e. The lowest BCUT2D eigenvalue weighted by Crippen LogP contribution is -2.40. The Morgan fingerprint density at radius 1 is 1.11 bits per heavy atom. The van der Waals surface area contributed by atoms with Gasteiger partial charge in [0.25, 0.3) is 0 Å². The summed E-state index contributed by atoms with van der Waals surface area (Å²) in [6, 6.07) is 0. The monoisotopic (exact) mass is 272 g/mol. The Labute approximate surface area is 114 Å². The normalized spacial score (nSPS) is 45.6. The summed E-state index contributed by atoms with van der Waals surface area (Å²) in [6.07, 6.45) is 7.23. The molecule has 5 heteroatoms. The molecule has 1 aromatic heterocycles. The molecular weight excluding hydrogens is 260 g/mol. The Morgan fingerprint density at radius 2 is 1.74 bits per heavy atom. The SMILES string of the molecule is O=C1[C@@H]2[C@H]3C=C[C@H]([C@H]4C[C@H]34)[C@@H]2C(=O)N1c1nccs1. The molecule has 2 bridgehead atoms. The number of allylic oxidation sites excluding steroid dienone is 2. The summed E-state index contributed by atoms with van der Waals surface area (Å²) >= 11 is 1.36. The van der Waals surface area contributed by atoms with E-state index >= 15 is 0 Å². The van der Waals surface area contributed by atoms with E-state index in [0.717, 1.165) is 0 Å².